The minimum atomic E-state index is -0.417. The van der Waals surface area contributed by atoms with E-state index < -0.39 is 5.91 Å². The van der Waals surface area contributed by atoms with E-state index in [0.29, 0.717) is 17.9 Å². The van der Waals surface area contributed by atoms with Crippen LogP contribution >= 0.6 is 0 Å². The summed E-state index contributed by atoms with van der Waals surface area (Å²) < 4.78 is 8.86. The summed E-state index contributed by atoms with van der Waals surface area (Å²) in [6, 6.07) is 10.6. The zero-order chi connectivity index (χ0) is 20.5. The van der Waals surface area contributed by atoms with Crippen LogP contribution in [-0.2, 0) is 11.3 Å². The zero-order valence-corrected chi connectivity index (χ0v) is 16.1. The number of morpholine rings is 1. The van der Waals surface area contributed by atoms with Gasteiger partial charge in [0.1, 0.15) is 17.0 Å². The highest BCUT2D eigenvalue weighted by Crippen LogP contribution is 2.17. The summed E-state index contributed by atoms with van der Waals surface area (Å²) in [5.74, 6) is -0.417. The van der Waals surface area contributed by atoms with Gasteiger partial charge in [-0.1, -0.05) is 12.1 Å². The van der Waals surface area contributed by atoms with Crippen molar-refractivity contribution >= 4 is 17.2 Å². The van der Waals surface area contributed by atoms with Gasteiger partial charge in [0.25, 0.3) is 11.5 Å². The first kappa shape index (κ1) is 18.5. The Labute approximate surface area is 171 Å². The van der Waals surface area contributed by atoms with Crippen LogP contribution in [0.4, 0.5) is 0 Å². The van der Waals surface area contributed by atoms with Gasteiger partial charge in [-0.15, -0.1) is 0 Å². The van der Waals surface area contributed by atoms with Crippen LogP contribution in [0.25, 0.3) is 11.3 Å². The molecule has 1 amide bonds. The van der Waals surface area contributed by atoms with Gasteiger partial charge in [-0.3, -0.25) is 14.0 Å². The van der Waals surface area contributed by atoms with E-state index in [2.05, 4.69) is 20.6 Å². The van der Waals surface area contributed by atoms with E-state index >= 15 is 0 Å². The molecule has 1 atom stereocenters. The van der Waals surface area contributed by atoms with Crippen molar-refractivity contribution in [2.75, 3.05) is 19.8 Å². The van der Waals surface area contributed by atoms with Crippen LogP contribution in [0.15, 0.2) is 59.8 Å². The molecule has 0 saturated carbocycles. The second-order valence-electron chi connectivity index (χ2n) is 7.13. The van der Waals surface area contributed by atoms with Crippen molar-refractivity contribution in [3.05, 3.63) is 82.3 Å². The molecule has 152 valence electrons. The molecule has 30 heavy (non-hydrogen) atoms. The summed E-state index contributed by atoms with van der Waals surface area (Å²) in [4.78, 5) is 33.5. The van der Waals surface area contributed by atoms with Gasteiger partial charge >= 0.3 is 0 Å². The predicted octanol–water partition coefficient (Wildman–Crippen LogP) is 0.933. The second-order valence-corrected chi connectivity index (χ2v) is 7.13. The molecule has 1 saturated heterocycles. The fraction of sp³-hybridized carbons (Fsp3) is 0.238. The molecule has 0 radical (unpaired) electrons. The highest BCUT2D eigenvalue weighted by Gasteiger charge is 2.16. The highest BCUT2D eigenvalue weighted by atomic mass is 16.5. The van der Waals surface area contributed by atoms with Crippen molar-refractivity contribution in [3.63, 3.8) is 0 Å². The normalized spacial score (nSPS) is 16.7. The van der Waals surface area contributed by atoms with Crippen LogP contribution in [0.2, 0.25) is 0 Å². The van der Waals surface area contributed by atoms with E-state index in [0.717, 1.165) is 24.4 Å². The second kappa shape index (κ2) is 7.69. The number of nitrogens with zero attached hydrogens (tertiary/aromatic N) is 4. The molecule has 4 aromatic heterocycles. The van der Waals surface area contributed by atoms with E-state index in [1.165, 1.54) is 10.5 Å². The molecule has 1 aliphatic rings. The lowest BCUT2D eigenvalue weighted by Crippen LogP contribution is -2.34. The van der Waals surface area contributed by atoms with Crippen molar-refractivity contribution in [3.8, 4) is 0 Å². The Kier molecular flexibility index (Phi) is 4.74. The number of carbonyl (C=O) groups excluding carboxylic acids is 1. The Morgan fingerprint density at radius 3 is 3.00 bits per heavy atom. The van der Waals surface area contributed by atoms with E-state index in [1.807, 2.05) is 28.9 Å². The third-order valence-electron chi connectivity index (χ3n) is 5.08. The number of hydrogen-bond acceptors (Lipinski definition) is 6. The van der Waals surface area contributed by atoms with Gasteiger partial charge in [0.2, 0.25) is 0 Å². The minimum absolute atomic E-state index is 0.0839. The zero-order valence-electron chi connectivity index (χ0n) is 16.1. The lowest BCUT2D eigenvalue weighted by atomic mass is 10.1. The van der Waals surface area contributed by atoms with Crippen LogP contribution < -0.4 is 16.2 Å². The van der Waals surface area contributed by atoms with Gasteiger partial charge in [-0.2, -0.15) is 0 Å². The first-order valence-electron chi connectivity index (χ1n) is 9.73. The first-order valence-corrected chi connectivity index (χ1v) is 9.73. The number of amides is 1. The maximum atomic E-state index is 12.5. The maximum absolute atomic E-state index is 12.5. The molecule has 0 aliphatic carbocycles. The quantitative estimate of drug-likeness (QED) is 0.525. The maximum Gasteiger partial charge on any atom is 0.270 e. The molecule has 5 heterocycles. The van der Waals surface area contributed by atoms with Crippen molar-refractivity contribution in [2.24, 2.45) is 0 Å². The molecule has 1 unspecified atom stereocenters. The molecule has 9 nitrogen and oxygen atoms in total. The van der Waals surface area contributed by atoms with Crippen LogP contribution in [-0.4, -0.2) is 44.4 Å². The molecule has 0 spiro atoms. The highest BCUT2D eigenvalue weighted by molar-refractivity contribution is 5.92. The largest absolute Gasteiger partial charge is 0.378 e. The Hall–Kier alpha value is -3.56. The van der Waals surface area contributed by atoms with E-state index in [1.54, 1.807) is 24.4 Å². The third kappa shape index (κ3) is 3.56. The smallest absolute Gasteiger partial charge is 0.270 e. The van der Waals surface area contributed by atoms with Crippen LogP contribution in [0.3, 0.4) is 0 Å². The number of hydrogen-bond donors (Lipinski definition) is 2. The van der Waals surface area contributed by atoms with Crippen molar-refractivity contribution < 1.29 is 9.53 Å². The van der Waals surface area contributed by atoms with Crippen LogP contribution in [0.1, 0.15) is 27.8 Å². The fourth-order valence-electron chi connectivity index (χ4n) is 3.56. The molecule has 1 aliphatic heterocycles. The number of fused-ring (bicyclic) bond motifs is 2. The summed E-state index contributed by atoms with van der Waals surface area (Å²) in [5, 5.41) is 6.22. The van der Waals surface area contributed by atoms with Crippen LogP contribution in [0, 0.1) is 0 Å². The number of pyridine rings is 2. The topological polar surface area (TPSA) is 102 Å². The molecular formula is C21H20N6O3. The summed E-state index contributed by atoms with van der Waals surface area (Å²) in [5.41, 5.74) is 2.84. The van der Waals surface area contributed by atoms with Gasteiger partial charge in [-0.05, 0) is 23.8 Å². The number of imidazole rings is 1. The van der Waals surface area contributed by atoms with E-state index in [-0.39, 0.29) is 23.8 Å². The van der Waals surface area contributed by atoms with E-state index in [9.17, 15) is 9.59 Å². The van der Waals surface area contributed by atoms with Crippen molar-refractivity contribution in [1.82, 2.24) is 29.4 Å². The third-order valence-corrected chi connectivity index (χ3v) is 5.08. The average Bonchev–Trinajstić information content (AvgIpc) is 3.20. The summed E-state index contributed by atoms with van der Waals surface area (Å²) in [7, 11) is 0. The van der Waals surface area contributed by atoms with Gasteiger partial charge in [0.15, 0.2) is 0 Å². The van der Waals surface area contributed by atoms with Gasteiger partial charge < -0.3 is 19.8 Å². The van der Waals surface area contributed by atoms with Crippen molar-refractivity contribution in [2.45, 2.75) is 12.6 Å². The fourth-order valence-corrected chi connectivity index (χ4v) is 3.56. The number of ether oxygens (including phenoxy) is 1. The summed E-state index contributed by atoms with van der Waals surface area (Å²) in [6.45, 7) is 2.43. The molecular weight excluding hydrogens is 384 g/mol. The molecule has 5 rings (SSSR count). The van der Waals surface area contributed by atoms with Gasteiger partial charge in [-0.25, -0.2) is 9.97 Å². The summed E-state index contributed by atoms with van der Waals surface area (Å²) >= 11 is 0. The predicted molar refractivity (Wildman–Crippen MR) is 109 cm³/mol. The molecule has 1 fully saturated rings. The minimum Gasteiger partial charge on any atom is -0.378 e. The average molecular weight is 404 g/mol. The Morgan fingerprint density at radius 2 is 2.13 bits per heavy atom. The molecule has 9 heteroatoms. The lowest BCUT2D eigenvalue weighted by Gasteiger charge is -2.24. The van der Waals surface area contributed by atoms with Crippen LogP contribution in [0.5, 0.6) is 0 Å². The lowest BCUT2D eigenvalue weighted by molar-refractivity contribution is 0.0767. The van der Waals surface area contributed by atoms with E-state index in [4.69, 9.17) is 4.74 Å². The van der Waals surface area contributed by atoms with Crippen molar-refractivity contribution in [1.29, 1.82) is 0 Å². The number of nitrogens with one attached hydrogen (secondary N) is 2. The van der Waals surface area contributed by atoms with Gasteiger partial charge in [0, 0.05) is 31.2 Å². The number of rotatable bonds is 4. The summed E-state index contributed by atoms with van der Waals surface area (Å²) in [6.07, 6.45) is 5.52. The Morgan fingerprint density at radius 1 is 1.20 bits per heavy atom. The molecule has 0 aromatic carbocycles. The van der Waals surface area contributed by atoms with Gasteiger partial charge in [0.05, 0.1) is 31.5 Å². The molecule has 0 bridgehead atoms. The monoisotopic (exact) mass is 404 g/mol. The number of aromatic nitrogens is 4. The molecule has 4 aromatic rings. The number of carbonyl (C=O) groups is 1. The SMILES string of the molecule is O=C(NCc1cn2cc(C3COCCN3)ccc2n1)c1cc(=O)n2ccccc2n1. The Balaban J connectivity index is 1.32. The first-order chi connectivity index (χ1) is 14.7. The standard InChI is InChI=1S/C21H20N6O3/c28-20-9-16(25-19-3-1-2-7-27(19)20)21(29)23-10-15-12-26-11-14(4-5-18(26)24-15)17-13-30-8-6-22-17/h1-5,7,9,11-12,17,22H,6,8,10,13H2,(H,23,29). The Bertz CT molecular complexity index is 1290. The molecule has 2 N–H and O–H groups in total.